The summed E-state index contributed by atoms with van der Waals surface area (Å²) in [6.07, 6.45) is 2.16. The van der Waals surface area contributed by atoms with Crippen LogP contribution in [0.5, 0.6) is 0 Å². The summed E-state index contributed by atoms with van der Waals surface area (Å²) in [5.74, 6) is 0. The van der Waals surface area contributed by atoms with E-state index in [9.17, 15) is 14.7 Å². The van der Waals surface area contributed by atoms with Crippen LogP contribution in [0.4, 0.5) is 0 Å². The van der Waals surface area contributed by atoms with Gasteiger partial charge in [-0.25, -0.2) is 9.78 Å². The molecule has 0 saturated heterocycles. The first-order valence-electron chi connectivity index (χ1n) is 9.68. The Bertz CT molecular complexity index is 1400. The number of benzene rings is 2. The first-order chi connectivity index (χ1) is 15.3. The van der Waals surface area contributed by atoms with Crippen molar-refractivity contribution in [3.05, 3.63) is 120 Å². The Labute approximate surface area is 192 Å². The third kappa shape index (κ3) is 4.65. The molecule has 4 aromatic rings. The van der Waals surface area contributed by atoms with Gasteiger partial charge in [0.2, 0.25) is 0 Å². The van der Waals surface area contributed by atoms with Crippen LogP contribution >= 0.6 is 23.2 Å². The lowest BCUT2D eigenvalue weighted by atomic mass is 9.92. The molecule has 0 aliphatic rings. The molecule has 0 saturated carbocycles. The van der Waals surface area contributed by atoms with Crippen molar-refractivity contribution in [3.8, 4) is 5.69 Å². The Kier molecular flexibility index (Phi) is 6.23. The van der Waals surface area contributed by atoms with Crippen molar-refractivity contribution in [1.82, 2.24) is 19.7 Å². The van der Waals surface area contributed by atoms with Crippen molar-refractivity contribution < 1.29 is 5.11 Å². The number of hydrogen-bond acceptors (Lipinski definition) is 5. The van der Waals surface area contributed by atoms with Gasteiger partial charge in [-0.1, -0.05) is 59.1 Å². The number of aromatic nitrogens is 4. The van der Waals surface area contributed by atoms with Crippen LogP contribution in [0.15, 0.2) is 70.5 Å². The SMILES string of the molecule is Cc1ccc(C(O)c2ccc(Cl)nc2)c(Cc2ccc(-n3ncc(=O)[nH]c3=O)cc2Cl)c1. The molecule has 7 nitrogen and oxygen atoms in total. The molecule has 2 heterocycles. The fourth-order valence-corrected chi connectivity index (χ4v) is 3.79. The summed E-state index contributed by atoms with van der Waals surface area (Å²) in [5.41, 5.74) is 3.32. The fraction of sp³-hybridized carbons (Fsp3) is 0.130. The average Bonchev–Trinajstić information content (AvgIpc) is 2.75. The minimum absolute atomic E-state index is 0.355. The standard InChI is InChI=1S/C23H18Cl2N4O3/c1-13-2-6-18(22(31)15-4-7-20(25)26-11-15)16(8-13)9-14-3-5-17(10-19(14)24)29-23(32)28-21(30)12-27-29/h2-8,10-12,22,31H,9H2,1H3,(H,28,30,32). The molecule has 0 bridgehead atoms. The zero-order valence-corrected chi connectivity index (χ0v) is 18.4. The number of pyridine rings is 1. The number of halogens is 2. The smallest absolute Gasteiger partial charge is 0.349 e. The second-order valence-electron chi connectivity index (χ2n) is 7.32. The number of rotatable bonds is 5. The first-order valence-corrected chi connectivity index (χ1v) is 10.4. The maximum atomic E-state index is 12.0. The van der Waals surface area contributed by atoms with Gasteiger partial charge < -0.3 is 5.11 Å². The average molecular weight is 469 g/mol. The summed E-state index contributed by atoms with van der Waals surface area (Å²) in [7, 11) is 0. The molecule has 2 aromatic carbocycles. The zero-order valence-electron chi connectivity index (χ0n) is 16.9. The van der Waals surface area contributed by atoms with E-state index >= 15 is 0 Å². The van der Waals surface area contributed by atoms with Gasteiger partial charge in [0.1, 0.15) is 17.5 Å². The number of aliphatic hydroxyl groups is 1. The van der Waals surface area contributed by atoms with Crippen molar-refractivity contribution >= 4 is 23.2 Å². The van der Waals surface area contributed by atoms with Crippen molar-refractivity contribution in [3.63, 3.8) is 0 Å². The lowest BCUT2D eigenvalue weighted by molar-refractivity contribution is 0.219. The van der Waals surface area contributed by atoms with Gasteiger partial charge in [0.15, 0.2) is 0 Å². The molecule has 32 heavy (non-hydrogen) atoms. The van der Waals surface area contributed by atoms with Gasteiger partial charge in [0.25, 0.3) is 5.56 Å². The van der Waals surface area contributed by atoms with Crippen molar-refractivity contribution in [2.75, 3.05) is 0 Å². The van der Waals surface area contributed by atoms with Gasteiger partial charge in [-0.3, -0.25) is 9.78 Å². The van der Waals surface area contributed by atoms with Gasteiger partial charge in [-0.2, -0.15) is 9.78 Å². The van der Waals surface area contributed by atoms with Crippen LogP contribution in [0, 0.1) is 6.92 Å². The molecule has 0 amide bonds. The second-order valence-corrected chi connectivity index (χ2v) is 8.12. The summed E-state index contributed by atoms with van der Waals surface area (Å²) in [6.45, 7) is 1.97. The predicted molar refractivity (Wildman–Crippen MR) is 123 cm³/mol. The molecule has 9 heteroatoms. The molecule has 4 rings (SSSR count). The lowest BCUT2D eigenvalue weighted by Crippen LogP contribution is -2.30. The Balaban J connectivity index is 1.68. The summed E-state index contributed by atoms with van der Waals surface area (Å²) in [4.78, 5) is 29.5. The molecule has 1 atom stereocenters. The molecule has 0 fully saturated rings. The number of aliphatic hydroxyl groups excluding tert-OH is 1. The molecule has 2 aromatic heterocycles. The van der Waals surface area contributed by atoms with Crippen LogP contribution in [0.3, 0.4) is 0 Å². The topological polar surface area (TPSA) is 101 Å². The Morgan fingerprint density at radius 1 is 1.03 bits per heavy atom. The van der Waals surface area contributed by atoms with Crippen LogP contribution in [0.1, 0.15) is 33.9 Å². The highest BCUT2D eigenvalue weighted by Gasteiger charge is 2.17. The maximum Gasteiger partial charge on any atom is 0.349 e. The highest BCUT2D eigenvalue weighted by molar-refractivity contribution is 6.31. The number of nitrogens with zero attached hydrogens (tertiary/aromatic N) is 3. The number of hydrogen-bond donors (Lipinski definition) is 2. The number of nitrogens with one attached hydrogen (secondary N) is 1. The Hall–Kier alpha value is -3.26. The van der Waals surface area contributed by atoms with E-state index in [0.717, 1.165) is 33.1 Å². The van der Waals surface area contributed by atoms with E-state index in [2.05, 4.69) is 15.1 Å². The lowest BCUT2D eigenvalue weighted by Gasteiger charge is -2.17. The molecular weight excluding hydrogens is 451 g/mol. The number of aryl methyl sites for hydroxylation is 1. The summed E-state index contributed by atoms with van der Waals surface area (Å²) in [5, 5.41) is 15.6. The van der Waals surface area contributed by atoms with E-state index in [0.29, 0.717) is 27.8 Å². The summed E-state index contributed by atoms with van der Waals surface area (Å²) in [6, 6.07) is 14.3. The first kappa shape index (κ1) is 22.0. The van der Waals surface area contributed by atoms with E-state index in [1.54, 1.807) is 36.5 Å². The van der Waals surface area contributed by atoms with Gasteiger partial charge in [-0.15, -0.1) is 0 Å². The Morgan fingerprint density at radius 3 is 2.53 bits per heavy atom. The molecule has 162 valence electrons. The van der Waals surface area contributed by atoms with Crippen LogP contribution < -0.4 is 11.2 Å². The molecule has 2 N–H and O–H groups in total. The van der Waals surface area contributed by atoms with E-state index in [4.69, 9.17) is 23.2 Å². The van der Waals surface area contributed by atoms with E-state index in [1.165, 1.54) is 0 Å². The fourth-order valence-electron chi connectivity index (χ4n) is 3.44. The minimum Gasteiger partial charge on any atom is -0.384 e. The van der Waals surface area contributed by atoms with Crippen LogP contribution in [0.2, 0.25) is 10.2 Å². The normalized spacial score (nSPS) is 12.0. The molecule has 0 spiro atoms. The van der Waals surface area contributed by atoms with Gasteiger partial charge in [-0.05, 0) is 48.2 Å². The number of H-pyrrole nitrogens is 1. The molecular formula is C23H18Cl2N4O3. The zero-order chi connectivity index (χ0) is 22.8. The van der Waals surface area contributed by atoms with E-state index < -0.39 is 17.4 Å². The van der Waals surface area contributed by atoms with Crippen molar-refractivity contribution in [1.29, 1.82) is 0 Å². The van der Waals surface area contributed by atoms with Crippen LogP contribution in [-0.2, 0) is 6.42 Å². The predicted octanol–water partition coefficient (Wildman–Crippen LogP) is 3.60. The maximum absolute atomic E-state index is 12.0. The largest absolute Gasteiger partial charge is 0.384 e. The van der Waals surface area contributed by atoms with Crippen molar-refractivity contribution in [2.24, 2.45) is 0 Å². The molecule has 1 unspecified atom stereocenters. The van der Waals surface area contributed by atoms with Crippen molar-refractivity contribution in [2.45, 2.75) is 19.4 Å². The quantitative estimate of drug-likeness (QED) is 0.435. The van der Waals surface area contributed by atoms with Crippen LogP contribution in [0.25, 0.3) is 5.69 Å². The highest BCUT2D eigenvalue weighted by atomic mass is 35.5. The minimum atomic E-state index is -0.877. The number of aromatic amines is 1. The van der Waals surface area contributed by atoms with Gasteiger partial charge in [0, 0.05) is 16.8 Å². The molecule has 0 aliphatic heterocycles. The third-order valence-corrected chi connectivity index (χ3v) is 5.61. The third-order valence-electron chi connectivity index (χ3n) is 5.03. The van der Waals surface area contributed by atoms with Gasteiger partial charge in [0.05, 0.1) is 5.69 Å². The van der Waals surface area contributed by atoms with Gasteiger partial charge >= 0.3 is 5.69 Å². The Morgan fingerprint density at radius 2 is 1.84 bits per heavy atom. The molecule has 0 radical (unpaired) electrons. The summed E-state index contributed by atoms with van der Waals surface area (Å²) < 4.78 is 1.06. The van der Waals surface area contributed by atoms with Crippen LogP contribution in [-0.4, -0.2) is 24.9 Å². The van der Waals surface area contributed by atoms with E-state index in [1.807, 2.05) is 25.1 Å². The summed E-state index contributed by atoms with van der Waals surface area (Å²) >= 11 is 12.4. The monoisotopic (exact) mass is 468 g/mol. The van der Waals surface area contributed by atoms with E-state index in [-0.39, 0.29) is 0 Å². The highest BCUT2D eigenvalue weighted by Crippen LogP contribution is 2.30. The molecule has 0 aliphatic carbocycles. The second kappa shape index (κ2) is 9.08.